The molecular formula is C11H15N3O2. The van der Waals surface area contributed by atoms with Crippen LogP contribution in [0.15, 0.2) is 23.1 Å². The minimum Gasteiger partial charge on any atom is -0.320 e. The summed E-state index contributed by atoms with van der Waals surface area (Å²) in [5, 5.41) is 5.75. The van der Waals surface area contributed by atoms with Crippen molar-refractivity contribution in [2.45, 2.75) is 18.9 Å². The van der Waals surface area contributed by atoms with E-state index in [2.05, 4.69) is 10.6 Å². The average Bonchev–Trinajstić information content (AvgIpc) is 2.78. The highest BCUT2D eigenvalue weighted by molar-refractivity contribution is 5.94. The lowest BCUT2D eigenvalue weighted by atomic mass is 10.2. The summed E-state index contributed by atoms with van der Waals surface area (Å²) >= 11 is 0. The maximum Gasteiger partial charge on any atom is 0.274 e. The summed E-state index contributed by atoms with van der Waals surface area (Å²) in [7, 11) is 1.66. The van der Waals surface area contributed by atoms with E-state index in [1.54, 1.807) is 25.4 Å². The molecule has 0 bridgehead atoms. The number of nitrogens with one attached hydrogen (secondary N) is 2. The van der Waals surface area contributed by atoms with E-state index in [4.69, 9.17) is 0 Å². The SMILES string of the molecule is Cn1cccc(NC(=O)C2CCCN2)c1=O. The molecule has 1 fully saturated rings. The zero-order valence-electron chi connectivity index (χ0n) is 9.19. The van der Waals surface area contributed by atoms with Crippen LogP contribution >= 0.6 is 0 Å². The molecule has 1 aliphatic heterocycles. The molecule has 5 heteroatoms. The number of hydrogen-bond acceptors (Lipinski definition) is 3. The first kappa shape index (κ1) is 10.9. The number of aryl methyl sites for hydroxylation is 1. The molecule has 2 rings (SSSR count). The number of hydrogen-bond donors (Lipinski definition) is 2. The molecule has 1 saturated heterocycles. The summed E-state index contributed by atoms with van der Waals surface area (Å²) in [4.78, 5) is 23.4. The number of rotatable bonds is 2. The number of amides is 1. The van der Waals surface area contributed by atoms with Crippen molar-refractivity contribution in [1.29, 1.82) is 0 Å². The molecule has 0 aliphatic carbocycles. The summed E-state index contributed by atoms with van der Waals surface area (Å²) in [6, 6.07) is 3.19. The van der Waals surface area contributed by atoms with E-state index in [0.29, 0.717) is 5.69 Å². The number of carbonyl (C=O) groups is 1. The Balaban J connectivity index is 2.11. The molecule has 5 nitrogen and oxygen atoms in total. The summed E-state index contributed by atoms with van der Waals surface area (Å²) in [6.45, 7) is 0.866. The average molecular weight is 221 g/mol. The Morgan fingerprint density at radius 1 is 1.62 bits per heavy atom. The highest BCUT2D eigenvalue weighted by atomic mass is 16.2. The van der Waals surface area contributed by atoms with Gasteiger partial charge in [-0.2, -0.15) is 0 Å². The second-order valence-electron chi connectivity index (χ2n) is 3.98. The van der Waals surface area contributed by atoms with Crippen LogP contribution in [0.5, 0.6) is 0 Å². The fourth-order valence-electron chi connectivity index (χ4n) is 1.82. The summed E-state index contributed by atoms with van der Waals surface area (Å²) in [5.74, 6) is -0.124. The first-order valence-corrected chi connectivity index (χ1v) is 5.38. The van der Waals surface area contributed by atoms with Gasteiger partial charge in [0, 0.05) is 13.2 Å². The number of anilines is 1. The van der Waals surface area contributed by atoms with Crippen molar-refractivity contribution in [2.75, 3.05) is 11.9 Å². The highest BCUT2D eigenvalue weighted by Gasteiger charge is 2.22. The fraction of sp³-hybridized carbons (Fsp3) is 0.455. The normalized spacial score (nSPS) is 19.7. The monoisotopic (exact) mass is 221 g/mol. The van der Waals surface area contributed by atoms with Crippen molar-refractivity contribution in [3.8, 4) is 0 Å². The van der Waals surface area contributed by atoms with E-state index in [9.17, 15) is 9.59 Å². The number of nitrogens with zero attached hydrogens (tertiary/aromatic N) is 1. The summed E-state index contributed by atoms with van der Waals surface area (Å²) in [6.07, 6.45) is 3.50. The second-order valence-corrected chi connectivity index (χ2v) is 3.98. The minimum atomic E-state index is -0.186. The fourth-order valence-corrected chi connectivity index (χ4v) is 1.82. The van der Waals surface area contributed by atoms with Gasteiger partial charge in [-0.1, -0.05) is 0 Å². The van der Waals surface area contributed by atoms with Gasteiger partial charge in [-0.25, -0.2) is 0 Å². The molecule has 1 aromatic rings. The van der Waals surface area contributed by atoms with Crippen molar-refractivity contribution in [3.63, 3.8) is 0 Å². The molecule has 0 saturated carbocycles. The third-order valence-corrected chi connectivity index (χ3v) is 2.76. The number of pyridine rings is 1. The first-order valence-electron chi connectivity index (χ1n) is 5.38. The van der Waals surface area contributed by atoms with Crippen LogP contribution in [-0.2, 0) is 11.8 Å². The number of aromatic nitrogens is 1. The molecule has 2 heterocycles. The highest BCUT2D eigenvalue weighted by Crippen LogP contribution is 2.07. The van der Waals surface area contributed by atoms with Crippen LogP contribution in [0.4, 0.5) is 5.69 Å². The molecule has 2 N–H and O–H groups in total. The van der Waals surface area contributed by atoms with Crippen LogP contribution in [-0.4, -0.2) is 23.1 Å². The van der Waals surface area contributed by atoms with Crippen LogP contribution in [0.2, 0.25) is 0 Å². The van der Waals surface area contributed by atoms with E-state index in [1.165, 1.54) is 4.57 Å². The van der Waals surface area contributed by atoms with Crippen molar-refractivity contribution < 1.29 is 4.79 Å². The topological polar surface area (TPSA) is 63.1 Å². The van der Waals surface area contributed by atoms with Crippen molar-refractivity contribution in [3.05, 3.63) is 28.7 Å². The molecule has 0 radical (unpaired) electrons. The van der Waals surface area contributed by atoms with Crippen LogP contribution in [0.3, 0.4) is 0 Å². The lowest BCUT2D eigenvalue weighted by molar-refractivity contribution is -0.117. The van der Waals surface area contributed by atoms with Gasteiger partial charge < -0.3 is 15.2 Å². The third kappa shape index (κ3) is 2.14. The van der Waals surface area contributed by atoms with Gasteiger partial charge in [0.15, 0.2) is 0 Å². The first-order chi connectivity index (χ1) is 7.68. The van der Waals surface area contributed by atoms with Gasteiger partial charge in [0.2, 0.25) is 5.91 Å². The van der Waals surface area contributed by atoms with Gasteiger partial charge >= 0.3 is 0 Å². The van der Waals surface area contributed by atoms with Crippen molar-refractivity contribution in [2.24, 2.45) is 7.05 Å². The number of carbonyl (C=O) groups excluding carboxylic acids is 1. The van der Waals surface area contributed by atoms with Gasteiger partial charge in [0.05, 0.1) is 6.04 Å². The summed E-state index contributed by atoms with van der Waals surface area (Å²) in [5.41, 5.74) is 0.151. The van der Waals surface area contributed by atoms with Crippen LogP contribution in [0.25, 0.3) is 0 Å². The van der Waals surface area contributed by atoms with Gasteiger partial charge in [0.1, 0.15) is 5.69 Å². The molecule has 86 valence electrons. The van der Waals surface area contributed by atoms with Gasteiger partial charge in [-0.15, -0.1) is 0 Å². The van der Waals surface area contributed by atoms with Gasteiger partial charge in [-0.05, 0) is 31.5 Å². The molecule has 1 aromatic heterocycles. The quantitative estimate of drug-likeness (QED) is 0.743. The maximum atomic E-state index is 11.8. The Hall–Kier alpha value is -1.62. The smallest absolute Gasteiger partial charge is 0.274 e. The Morgan fingerprint density at radius 3 is 3.12 bits per heavy atom. The Labute approximate surface area is 93.5 Å². The Bertz CT molecular complexity index is 447. The van der Waals surface area contributed by atoms with Crippen LogP contribution in [0, 0.1) is 0 Å². The van der Waals surface area contributed by atoms with Gasteiger partial charge in [0.25, 0.3) is 5.56 Å². The van der Waals surface area contributed by atoms with E-state index >= 15 is 0 Å². The van der Waals surface area contributed by atoms with E-state index < -0.39 is 0 Å². The largest absolute Gasteiger partial charge is 0.320 e. The zero-order valence-corrected chi connectivity index (χ0v) is 9.19. The third-order valence-electron chi connectivity index (χ3n) is 2.76. The van der Waals surface area contributed by atoms with Crippen molar-refractivity contribution >= 4 is 11.6 Å². The molecule has 1 unspecified atom stereocenters. The second kappa shape index (κ2) is 4.49. The maximum absolute atomic E-state index is 11.8. The standard InChI is InChI=1S/C11H15N3O2/c1-14-7-3-5-9(11(14)16)13-10(15)8-4-2-6-12-8/h3,5,7-8,12H,2,4,6H2,1H3,(H,13,15). The predicted molar refractivity (Wildman–Crippen MR) is 61.3 cm³/mol. The Kier molecular flexibility index (Phi) is 3.05. The lowest BCUT2D eigenvalue weighted by Crippen LogP contribution is -2.37. The molecule has 0 aromatic carbocycles. The minimum absolute atomic E-state index is 0.124. The zero-order chi connectivity index (χ0) is 11.5. The molecule has 1 atom stereocenters. The van der Waals surface area contributed by atoms with Crippen molar-refractivity contribution in [1.82, 2.24) is 9.88 Å². The molecule has 1 amide bonds. The summed E-state index contributed by atoms with van der Waals surface area (Å²) < 4.78 is 1.44. The molecule has 16 heavy (non-hydrogen) atoms. The van der Waals surface area contributed by atoms with Crippen LogP contribution in [0.1, 0.15) is 12.8 Å². The van der Waals surface area contributed by atoms with Gasteiger partial charge in [-0.3, -0.25) is 9.59 Å². The molecule has 1 aliphatic rings. The van der Waals surface area contributed by atoms with E-state index in [1.807, 2.05) is 0 Å². The van der Waals surface area contributed by atoms with E-state index in [0.717, 1.165) is 19.4 Å². The Morgan fingerprint density at radius 2 is 2.44 bits per heavy atom. The van der Waals surface area contributed by atoms with Crippen LogP contribution < -0.4 is 16.2 Å². The molecular weight excluding hydrogens is 206 g/mol. The predicted octanol–water partition coefficient (Wildman–Crippen LogP) is 0.0758. The van der Waals surface area contributed by atoms with E-state index in [-0.39, 0.29) is 17.5 Å². The molecule has 0 spiro atoms. The lowest BCUT2D eigenvalue weighted by Gasteiger charge is -2.10.